The summed E-state index contributed by atoms with van der Waals surface area (Å²) in [4.78, 5) is 27.5. The first-order valence-corrected chi connectivity index (χ1v) is 9.64. The molecule has 0 saturated carbocycles. The molecule has 8 nitrogen and oxygen atoms in total. The van der Waals surface area contributed by atoms with Gasteiger partial charge in [-0.05, 0) is 19.1 Å². The van der Waals surface area contributed by atoms with Gasteiger partial charge in [-0.1, -0.05) is 0 Å². The third-order valence-corrected chi connectivity index (χ3v) is 4.98. The Hall–Kier alpha value is -3.33. The number of halogens is 1. The van der Waals surface area contributed by atoms with Crippen LogP contribution in [0, 0.1) is 5.82 Å². The van der Waals surface area contributed by atoms with Crippen LogP contribution in [-0.2, 0) is 9.47 Å². The van der Waals surface area contributed by atoms with Crippen LogP contribution in [-0.4, -0.2) is 54.3 Å². The molecule has 0 aliphatic carbocycles. The molecule has 0 bridgehead atoms. The number of benzene rings is 1. The van der Waals surface area contributed by atoms with Gasteiger partial charge in [-0.15, -0.1) is 0 Å². The molecule has 0 spiro atoms. The molecule has 0 amide bonds. The topological polar surface area (TPSA) is 89.5 Å². The predicted octanol–water partition coefficient (Wildman–Crippen LogP) is 2.96. The number of hydrogen-bond donors (Lipinski definition) is 1. The van der Waals surface area contributed by atoms with E-state index in [0.29, 0.717) is 35.5 Å². The molecule has 2 aromatic heterocycles. The van der Waals surface area contributed by atoms with Crippen molar-refractivity contribution in [1.82, 2.24) is 15.0 Å². The fourth-order valence-corrected chi connectivity index (χ4v) is 3.46. The summed E-state index contributed by atoms with van der Waals surface area (Å²) in [6.45, 7) is 4.65. The largest absolute Gasteiger partial charge is 0.465 e. The van der Waals surface area contributed by atoms with Crippen molar-refractivity contribution < 1.29 is 18.7 Å². The van der Waals surface area contributed by atoms with E-state index >= 15 is 0 Å². The van der Waals surface area contributed by atoms with Crippen molar-refractivity contribution >= 4 is 28.5 Å². The molecule has 1 unspecified atom stereocenters. The molecule has 1 N–H and O–H groups in total. The van der Waals surface area contributed by atoms with Gasteiger partial charge in [-0.25, -0.2) is 14.2 Å². The number of anilines is 2. The lowest BCUT2D eigenvalue weighted by Gasteiger charge is -2.28. The minimum Gasteiger partial charge on any atom is -0.465 e. The summed E-state index contributed by atoms with van der Waals surface area (Å²) in [5.41, 5.74) is 2.89. The first kappa shape index (κ1) is 20.0. The Kier molecular flexibility index (Phi) is 5.71. The zero-order valence-electron chi connectivity index (χ0n) is 16.8. The van der Waals surface area contributed by atoms with E-state index in [2.05, 4.69) is 20.2 Å². The van der Waals surface area contributed by atoms with Crippen molar-refractivity contribution in [2.75, 3.05) is 43.6 Å². The van der Waals surface area contributed by atoms with Crippen LogP contribution in [0.15, 0.2) is 36.8 Å². The molecule has 4 rings (SSSR count). The number of carbonyl (C=O) groups is 1. The molecule has 1 aliphatic rings. The van der Waals surface area contributed by atoms with Gasteiger partial charge in [0, 0.05) is 24.7 Å². The number of carbonyl (C=O) groups excluding carboxylic acids is 1. The molecule has 0 radical (unpaired) electrons. The van der Waals surface area contributed by atoms with E-state index in [1.165, 1.54) is 19.4 Å². The number of rotatable bonds is 5. The maximum Gasteiger partial charge on any atom is 0.337 e. The Morgan fingerprint density at radius 2 is 2.03 bits per heavy atom. The molecular weight excluding hydrogens is 389 g/mol. The second-order valence-corrected chi connectivity index (χ2v) is 7.01. The van der Waals surface area contributed by atoms with Gasteiger partial charge >= 0.3 is 5.97 Å². The molecule has 3 aromatic rings. The molecule has 1 saturated heterocycles. The van der Waals surface area contributed by atoms with Gasteiger partial charge in [-0.2, -0.15) is 0 Å². The SMILES string of the molecule is COC(=O)c1cc(C(C)Nc2cncc(F)c2)c2nc(N3CCOCC3)cnc2c1. The van der Waals surface area contributed by atoms with Crippen LogP contribution in [0.5, 0.6) is 0 Å². The molecule has 9 heteroatoms. The van der Waals surface area contributed by atoms with Gasteiger partial charge in [0.1, 0.15) is 11.6 Å². The predicted molar refractivity (Wildman–Crippen MR) is 110 cm³/mol. The van der Waals surface area contributed by atoms with E-state index in [9.17, 15) is 9.18 Å². The standard InChI is InChI=1S/C21H22FN5O3/c1-13(25-16-9-15(22)10-23-11-16)17-7-14(21(28)29-2)8-18-20(17)26-19(12-24-18)27-3-5-30-6-4-27/h7-13,25H,3-6H2,1-2H3. The smallest absolute Gasteiger partial charge is 0.337 e. The summed E-state index contributed by atoms with van der Waals surface area (Å²) in [5, 5.41) is 3.22. The highest BCUT2D eigenvalue weighted by Gasteiger charge is 2.19. The quantitative estimate of drug-likeness (QED) is 0.641. The van der Waals surface area contributed by atoms with E-state index in [1.807, 2.05) is 6.92 Å². The molecule has 156 valence electrons. The lowest BCUT2D eigenvalue weighted by atomic mass is 10.0. The van der Waals surface area contributed by atoms with Crippen molar-refractivity contribution in [1.29, 1.82) is 0 Å². The average molecular weight is 411 g/mol. The highest BCUT2D eigenvalue weighted by molar-refractivity contribution is 5.95. The number of ether oxygens (including phenoxy) is 2. The second kappa shape index (κ2) is 8.58. The normalized spacial score (nSPS) is 15.1. The first-order chi connectivity index (χ1) is 14.5. The minimum absolute atomic E-state index is 0.296. The van der Waals surface area contributed by atoms with Gasteiger partial charge < -0.3 is 19.7 Å². The van der Waals surface area contributed by atoms with Gasteiger partial charge in [0.15, 0.2) is 0 Å². The van der Waals surface area contributed by atoms with Crippen molar-refractivity contribution in [2.45, 2.75) is 13.0 Å². The number of hydrogen-bond acceptors (Lipinski definition) is 8. The molecule has 30 heavy (non-hydrogen) atoms. The zero-order valence-corrected chi connectivity index (χ0v) is 16.8. The van der Waals surface area contributed by atoms with Crippen molar-refractivity contribution in [3.63, 3.8) is 0 Å². The Balaban J connectivity index is 1.77. The van der Waals surface area contributed by atoms with E-state index in [1.54, 1.807) is 18.3 Å². The van der Waals surface area contributed by atoms with Crippen LogP contribution >= 0.6 is 0 Å². The minimum atomic E-state index is -0.461. The van der Waals surface area contributed by atoms with E-state index in [0.717, 1.165) is 30.7 Å². The molecule has 1 aromatic carbocycles. The number of morpholine rings is 1. The van der Waals surface area contributed by atoms with E-state index in [-0.39, 0.29) is 6.04 Å². The van der Waals surface area contributed by atoms with E-state index < -0.39 is 11.8 Å². The van der Waals surface area contributed by atoms with Crippen molar-refractivity contribution in [3.05, 3.63) is 53.7 Å². The summed E-state index contributed by atoms with van der Waals surface area (Å²) in [7, 11) is 1.33. The number of pyridine rings is 1. The summed E-state index contributed by atoms with van der Waals surface area (Å²) >= 11 is 0. The summed E-state index contributed by atoms with van der Waals surface area (Å²) in [6.07, 6.45) is 4.38. The van der Waals surface area contributed by atoms with Crippen LogP contribution in [0.4, 0.5) is 15.9 Å². The third-order valence-electron chi connectivity index (χ3n) is 4.98. The summed E-state index contributed by atoms with van der Waals surface area (Å²) in [6, 6.07) is 4.46. The number of nitrogens with one attached hydrogen (secondary N) is 1. The Morgan fingerprint density at radius 1 is 1.23 bits per heavy atom. The summed E-state index contributed by atoms with van der Waals surface area (Å²) in [5.74, 6) is -0.149. The number of fused-ring (bicyclic) bond motifs is 1. The Bertz CT molecular complexity index is 1070. The number of aromatic nitrogens is 3. The van der Waals surface area contributed by atoms with Crippen LogP contribution in [0.1, 0.15) is 28.9 Å². The zero-order chi connectivity index (χ0) is 21.1. The maximum atomic E-state index is 13.5. The third kappa shape index (κ3) is 4.16. The lowest BCUT2D eigenvalue weighted by molar-refractivity contribution is 0.0600. The van der Waals surface area contributed by atoms with Gasteiger partial charge in [-0.3, -0.25) is 9.97 Å². The monoisotopic (exact) mass is 411 g/mol. The molecule has 3 heterocycles. The van der Waals surface area contributed by atoms with Crippen molar-refractivity contribution in [2.24, 2.45) is 0 Å². The number of nitrogens with zero attached hydrogens (tertiary/aromatic N) is 4. The first-order valence-electron chi connectivity index (χ1n) is 9.64. The van der Waals surface area contributed by atoms with E-state index in [4.69, 9.17) is 14.5 Å². The number of methoxy groups -OCH3 is 1. The highest BCUT2D eigenvalue weighted by atomic mass is 19.1. The fraction of sp³-hybridized carbons (Fsp3) is 0.333. The lowest BCUT2D eigenvalue weighted by Crippen LogP contribution is -2.36. The Morgan fingerprint density at radius 3 is 2.77 bits per heavy atom. The maximum absolute atomic E-state index is 13.5. The highest BCUT2D eigenvalue weighted by Crippen LogP contribution is 2.28. The van der Waals surface area contributed by atoms with Gasteiger partial charge in [0.05, 0.1) is 67.2 Å². The fourth-order valence-electron chi connectivity index (χ4n) is 3.46. The molecule has 1 atom stereocenters. The number of esters is 1. The molecular formula is C21H22FN5O3. The Labute approximate surface area is 173 Å². The molecule has 1 aliphatic heterocycles. The van der Waals surface area contributed by atoms with Crippen LogP contribution in [0.3, 0.4) is 0 Å². The van der Waals surface area contributed by atoms with Crippen LogP contribution < -0.4 is 10.2 Å². The average Bonchev–Trinajstić information content (AvgIpc) is 2.78. The van der Waals surface area contributed by atoms with Crippen LogP contribution in [0.25, 0.3) is 11.0 Å². The molecule has 1 fully saturated rings. The summed E-state index contributed by atoms with van der Waals surface area (Å²) < 4.78 is 23.8. The van der Waals surface area contributed by atoms with Crippen molar-refractivity contribution in [3.8, 4) is 0 Å². The van der Waals surface area contributed by atoms with Gasteiger partial charge in [0.25, 0.3) is 0 Å². The van der Waals surface area contributed by atoms with Crippen LogP contribution in [0.2, 0.25) is 0 Å². The van der Waals surface area contributed by atoms with Gasteiger partial charge in [0.2, 0.25) is 0 Å². The second-order valence-electron chi connectivity index (χ2n) is 7.01.